The SMILES string of the molecule is Cc1cc(C)c(C)c(-c2ccc3c(N(C)C)nc(N)nc3c2)c1C. The predicted molar refractivity (Wildman–Crippen MR) is 103 cm³/mol. The molecule has 0 fully saturated rings. The summed E-state index contributed by atoms with van der Waals surface area (Å²) in [5.74, 6) is 1.15. The lowest BCUT2D eigenvalue weighted by Gasteiger charge is -2.18. The summed E-state index contributed by atoms with van der Waals surface area (Å²) in [7, 11) is 3.93. The summed E-state index contributed by atoms with van der Waals surface area (Å²) >= 11 is 0. The first kappa shape index (κ1) is 16.2. The molecule has 124 valence electrons. The third-order valence-electron chi connectivity index (χ3n) is 4.77. The van der Waals surface area contributed by atoms with E-state index in [0.717, 1.165) is 16.7 Å². The Bertz CT molecular complexity index is 916. The lowest BCUT2D eigenvalue weighted by atomic mass is 9.89. The van der Waals surface area contributed by atoms with Crippen LogP contribution < -0.4 is 10.6 Å². The molecule has 0 aliphatic rings. The summed E-state index contributed by atoms with van der Waals surface area (Å²) in [6.45, 7) is 8.69. The van der Waals surface area contributed by atoms with Crippen molar-refractivity contribution in [3.63, 3.8) is 0 Å². The van der Waals surface area contributed by atoms with Gasteiger partial charge in [0.1, 0.15) is 5.82 Å². The minimum atomic E-state index is 0.303. The quantitative estimate of drug-likeness (QED) is 0.769. The average Bonchev–Trinajstić information content (AvgIpc) is 2.52. The smallest absolute Gasteiger partial charge is 0.222 e. The summed E-state index contributed by atoms with van der Waals surface area (Å²) in [5.41, 5.74) is 14.5. The molecule has 0 radical (unpaired) electrons. The molecule has 0 saturated carbocycles. The highest BCUT2D eigenvalue weighted by atomic mass is 15.2. The number of fused-ring (bicyclic) bond motifs is 1. The van der Waals surface area contributed by atoms with E-state index in [0.29, 0.717) is 5.95 Å². The van der Waals surface area contributed by atoms with Crippen molar-refractivity contribution < 1.29 is 0 Å². The second kappa shape index (κ2) is 5.78. The van der Waals surface area contributed by atoms with Gasteiger partial charge in [0.25, 0.3) is 0 Å². The molecule has 0 amide bonds. The normalized spacial score (nSPS) is 11.1. The van der Waals surface area contributed by atoms with E-state index in [4.69, 9.17) is 5.73 Å². The zero-order valence-electron chi connectivity index (χ0n) is 15.2. The minimum Gasteiger partial charge on any atom is -0.368 e. The second-order valence-electron chi connectivity index (χ2n) is 6.67. The van der Waals surface area contributed by atoms with Gasteiger partial charge in [0, 0.05) is 19.5 Å². The number of aromatic nitrogens is 2. The molecule has 24 heavy (non-hydrogen) atoms. The highest BCUT2D eigenvalue weighted by Crippen LogP contribution is 2.34. The third kappa shape index (κ3) is 2.58. The molecule has 0 aliphatic heterocycles. The molecule has 4 heteroatoms. The Kier molecular flexibility index (Phi) is 3.91. The number of nitrogens with zero attached hydrogens (tertiary/aromatic N) is 3. The molecule has 3 rings (SSSR count). The molecule has 2 N–H and O–H groups in total. The molecule has 4 nitrogen and oxygen atoms in total. The van der Waals surface area contributed by atoms with E-state index in [1.54, 1.807) is 0 Å². The Morgan fingerprint density at radius 2 is 1.50 bits per heavy atom. The summed E-state index contributed by atoms with van der Waals surface area (Å²) < 4.78 is 0. The number of hydrogen-bond acceptors (Lipinski definition) is 4. The number of hydrogen-bond donors (Lipinski definition) is 1. The first-order valence-electron chi connectivity index (χ1n) is 8.12. The first-order valence-corrected chi connectivity index (χ1v) is 8.12. The molecule has 0 bridgehead atoms. The minimum absolute atomic E-state index is 0.303. The molecule has 1 aromatic heterocycles. The van der Waals surface area contributed by atoms with Crippen LogP contribution in [0.25, 0.3) is 22.0 Å². The Balaban J connectivity index is 2.31. The van der Waals surface area contributed by atoms with Crippen molar-refractivity contribution in [2.45, 2.75) is 27.7 Å². The van der Waals surface area contributed by atoms with Crippen molar-refractivity contribution in [2.75, 3.05) is 24.7 Å². The lowest BCUT2D eigenvalue weighted by molar-refractivity contribution is 1.07. The topological polar surface area (TPSA) is 55.0 Å². The molecular weight excluding hydrogens is 296 g/mol. The van der Waals surface area contributed by atoms with Crippen LogP contribution in [-0.2, 0) is 0 Å². The van der Waals surface area contributed by atoms with Gasteiger partial charge in [-0.2, -0.15) is 4.98 Å². The van der Waals surface area contributed by atoms with Gasteiger partial charge in [0.05, 0.1) is 5.52 Å². The van der Waals surface area contributed by atoms with Gasteiger partial charge in [0.2, 0.25) is 5.95 Å². The molecule has 2 aromatic carbocycles. The molecular formula is C20H24N4. The van der Waals surface area contributed by atoms with Crippen molar-refractivity contribution in [1.29, 1.82) is 0 Å². The molecule has 0 atom stereocenters. The fourth-order valence-electron chi connectivity index (χ4n) is 3.28. The third-order valence-corrected chi connectivity index (χ3v) is 4.77. The van der Waals surface area contributed by atoms with Gasteiger partial charge in [0.15, 0.2) is 0 Å². The van der Waals surface area contributed by atoms with E-state index in [9.17, 15) is 0 Å². The highest BCUT2D eigenvalue weighted by Gasteiger charge is 2.13. The number of nitrogen functional groups attached to an aromatic ring is 1. The van der Waals surface area contributed by atoms with Crippen LogP contribution in [0.1, 0.15) is 22.3 Å². The van der Waals surface area contributed by atoms with E-state index >= 15 is 0 Å². The van der Waals surface area contributed by atoms with Crippen LogP contribution in [0.5, 0.6) is 0 Å². The number of rotatable bonds is 2. The standard InChI is InChI=1S/C20H24N4/c1-11-9-12(2)14(4)18(13(11)3)15-7-8-16-17(10-15)22-20(21)23-19(16)24(5)6/h7-10H,1-6H3,(H2,21,22,23). The second-order valence-corrected chi connectivity index (χ2v) is 6.67. The Labute approximate surface area is 143 Å². The monoisotopic (exact) mass is 320 g/mol. The summed E-state index contributed by atoms with van der Waals surface area (Å²) in [6, 6.07) is 8.62. The molecule has 0 spiro atoms. The van der Waals surface area contributed by atoms with Crippen LogP contribution >= 0.6 is 0 Å². The zero-order valence-corrected chi connectivity index (χ0v) is 15.2. The number of anilines is 2. The lowest BCUT2D eigenvalue weighted by Crippen LogP contribution is -2.13. The Hall–Kier alpha value is -2.62. The van der Waals surface area contributed by atoms with Crippen molar-refractivity contribution in [3.05, 3.63) is 46.5 Å². The molecule has 0 saturated heterocycles. The van der Waals surface area contributed by atoms with E-state index in [1.807, 2.05) is 19.0 Å². The molecule has 0 unspecified atom stereocenters. The van der Waals surface area contributed by atoms with Gasteiger partial charge in [-0.05, 0) is 73.2 Å². The summed E-state index contributed by atoms with van der Waals surface area (Å²) in [5, 5.41) is 1.01. The van der Waals surface area contributed by atoms with E-state index < -0.39 is 0 Å². The fraction of sp³-hybridized carbons (Fsp3) is 0.300. The van der Waals surface area contributed by atoms with Crippen LogP contribution in [0.2, 0.25) is 0 Å². The number of aryl methyl sites for hydroxylation is 2. The van der Waals surface area contributed by atoms with Gasteiger partial charge in [-0.25, -0.2) is 4.98 Å². The first-order chi connectivity index (χ1) is 11.3. The number of nitrogens with two attached hydrogens (primary N) is 1. The van der Waals surface area contributed by atoms with Crippen molar-refractivity contribution >= 4 is 22.7 Å². The summed E-state index contributed by atoms with van der Waals surface area (Å²) in [6.07, 6.45) is 0. The molecule has 1 heterocycles. The van der Waals surface area contributed by atoms with Crippen molar-refractivity contribution in [3.8, 4) is 11.1 Å². The van der Waals surface area contributed by atoms with Crippen molar-refractivity contribution in [1.82, 2.24) is 9.97 Å². The van der Waals surface area contributed by atoms with E-state index in [1.165, 1.54) is 33.4 Å². The largest absolute Gasteiger partial charge is 0.368 e. The average molecular weight is 320 g/mol. The van der Waals surface area contributed by atoms with E-state index in [-0.39, 0.29) is 0 Å². The predicted octanol–water partition coefficient (Wildman–Crippen LogP) is 4.18. The van der Waals surface area contributed by atoms with Crippen LogP contribution in [0.3, 0.4) is 0 Å². The Morgan fingerprint density at radius 1 is 0.875 bits per heavy atom. The fourth-order valence-corrected chi connectivity index (χ4v) is 3.28. The number of benzene rings is 2. The summed E-state index contributed by atoms with van der Waals surface area (Å²) in [4.78, 5) is 10.8. The van der Waals surface area contributed by atoms with Crippen LogP contribution in [0.15, 0.2) is 24.3 Å². The maximum atomic E-state index is 5.91. The van der Waals surface area contributed by atoms with Gasteiger partial charge >= 0.3 is 0 Å². The highest BCUT2D eigenvalue weighted by molar-refractivity contribution is 5.93. The van der Waals surface area contributed by atoms with Gasteiger partial charge in [-0.3, -0.25) is 0 Å². The van der Waals surface area contributed by atoms with Gasteiger partial charge in [-0.1, -0.05) is 12.1 Å². The van der Waals surface area contributed by atoms with Crippen LogP contribution in [0, 0.1) is 27.7 Å². The van der Waals surface area contributed by atoms with Gasteiger partial charge < -0.3 is 10.6 Å². The Morgan fingerprint density at radius 3 is 2.08 bits per heavy atom. The molecule has 3 aromatic rings. The van der Waals surface area contributed by atoms with Gasteiger partial charge in [-0.15, -0.1) is 0 Å². The maximum absolute atomic E-state index is 5.91. The van der Waals surface area contributed by atoms with Crippen LogP contribution in [0.4, 0.5) is 11.8 Å². The molecule has 0 aliphatic carbocycles. The maximum Gasteiger partial charge on any atom is 0.222 e. The van der Waals surface area contributed by atoms with Crippen molar-refractivity contribution in [2.24, 2.45) is 0 Å². The zero-order chi connectivity index (χ0) is 17.6. The van der Waals surface area contributed by atoms with E-state index in [2.05, 4.69) is 61.9 Å². The van der Waals surface area contributed by atoms with Crippen LogP contribution in [-0.4, -0.2) is 24.1 Å².